The molecular formula is C13H16N2O2. The first-order valence-corrected chi connectivity index (χ1v) is 5.53. The molecule has 0 unspecified atom stereocenters. The zero-order chi connectivity index (χ0) is 12.8. The van der Waals surface area contributed by atoms with Crippen molar-refractivity contribution in [2.45, 2.75) is 32.7 Å². The number of carbonyl (C=O) groups excluding carboxylic acids is 1. The molecule has 1 aliphatic rings. The number of pyridine rings is 1. The highest BCUT2D eigenvalue weighted by atomic mass is 16.2. The number of fused-ring (bicyclic) bond motifs is 1. The Kier molecular flexibility index (Phi) is 2.45. The van der Waals surface area contributed by atoms with Crippen molar-refractivity contribution < 1.29 is 4.79 Å². The number of amides is 1. The first-order valence-electron chi connectivity index (χ1n) is 5.53. The van der Waals surface area contributed by atoms with E-state index < -0.39 is 5.41 Å². The van der Waals surface area contributed by atoms with Crippen LogP contribution in [-0.2, 0) is 16.8 Å². The average molecular weight is 232 g/mol. The van der Waals surface area contributed by atoms with Crippen LogP contribution in [0.5, 0.6) is 0 Å². The SMILES string of the molecule is C=C(C)Cn1cc2c(cc1=O)C(C)(C)C(=O)N2. The topological polar surface area (TPSA) is 51.1 Å². The summed E-state index contributed by atoms with van der Waals surface area (Å²) in [6.45, 7) is 9.75. The summed E-state index contributed by atoms with van der Waals surface area (Å²) >= 11 is 0. The summed E-state index contributed by atoms with van der Waals surface area (Å²) in [5.41, 5.74) is 1.66. The second-order valence-electron chi connectivity index (χ2n) is 5.10. The van der Waals surface area contributed by atoms with E-state index in [1.54, 1.807) is 10.8 Å². The quantitative estimate of drug-likeness (QED) is 0.788. The fraction of sp³-hybridized carbons (Fsp3) is 0.385. The number of hydrogen-bond acceptors (Lipinski definition) is 2. The lowest BCUT2D eigenvalue weighted by Crippen LogP contribution is -2.28. The van der Waals surface area contributed by atoms with Gasteiger partial charge in [-0.3, -0.25) is 9.59 Å². The number of carbonyl (C=O) groups is 1. The molecule has 0 saturated carbocycles. The van der Waals surface area contributed by atoms with Crippen molar-refractivity contribution in [2.75, 3.05) is 5.32 Å². The lowest BCUT2D eigenvalue weighted by Gasteiger charge is -2.15. The fourth-order valence-corrected chi connectivity index (χ4v) is 2.01. The third-order valence-electron chi connectivity index (χ3n) is 3.06. The molecule has 2 rings (SSSR count). The Bertz CT molecular complexity index is 567. The van der Waals surface area contributed by atoms with E-state index in [4.69, 9.17) is 0 Å². The molecule has 2 heterocycles. The van der Waals surface area contributed by atoms with E-state index in [0.29, 0.717) is 6.54 Å². The summed E-state index contributed by atoms with van der Waals surface area (Å²) in [6.07, 6.45) is 1.69. The third-order valence-corrected chi connectivity index (χ3v) is 3.06. The van der Waals surface area contributed by atoms with Crippen LogP contribution in [0, 0.1) is 0 Å². The standard InChI is InChI=1S/C13H16N2O2/c1-8(2)6-15-7-10-9(5-11(15)16)13(3,4)12(17)14-10/h5,7H,1,6H2,2-4H3,(H,14,17). The highest BCUT2D eigenvalue weighted by Crippen LogP contribution is 2.35. The van der Waals surface area contributed by atoms with Gasteiger partial charge in [-0.05, 0) is 26.3 Å². The molecule has 4 heteroatoms. The Morgan fingerprint density at radius 1 is 1.47 bits per heavy atom. The molecule has 90 valence electrons. The van der Waals surface area contributed by atoms with Gasteiger partial charge in [-0.2, -0.15) is 0 Å². The van der Waals surface area contributed by atoms with E-state index >= 15 is 0 Å². The number of nitrogens with zero attached hydrogens (tertiary/aromatic N) is 1. The molecule has 0 atom stereocenters. The summed E-state index contributed by atoms with van der Waals surface area (Å²) in [4.78, 5) is 23.6. The maximum atomic E-state index is 11.9. The van der Waals surface area contributed by atoms with Crippen LogP contribution >= 0.6 is 0 Å². The Hall–Kier alpha value is -1.84. The van der Waals surface area contributed by atoms with Gasteiger partial charge in [0.2, 0.25) is 5.91 Å². The Morgan fingerprint density at radius 2 is 2.12 bits per heavy atom. The number of aromatic nitrogens is 1. The van der Waals surface area contributed by atoms with Gasteiger partial charge in [0.25, 0.3) is 5.56 Å². The molecule has 0 spiro atoms. The van der Waals surface area contributed by atoms with Crippen LogP contribution in [0.1, 0.15) is 26.3 Å². The molecule has 0 aliphatic carbocycles. The first kappa shape index (κ1) is 11.6. The van der Waals surface area contributed by atoms with Crippen molar-refractivity contribution in [3.05, 3.63) is 40.3 Å². The maximum absolute atomic E-state index is 11.9. The van der Waals surface area contributed by atoms with Gasteiger partial charge in [0.15, 0.2) is 0 Å². The summed E-state index contributed by atoms with van der Waals surface area (Å²) < 4.78 is 1.56. The smallest absolute Gasteiger partial charge is 0.251 e. The van der Waals surface area contributed by atoms with Crippen molar-refractivity contribution in [1.29, 1.82) is 0 Å². The van der Waals surface area contributed by atoms with Gasteiger partial charge < -0.3 is 9.88 Å². The molecule has 0 bridgehead atoms. The number of rotatable bonds is 2. The van der Waals surface area contributed by atoms with Crippen molar-refractivity contribution in [2.24, 2.45) is 0 Å². The van der Waals surface area contributed by atoms with Gasteiger partial charge in [0.05, 0.1) is 11.1 Å². The Morgan fingerprint density at radius 3 is 2.71 bits per heavy atom. The molecule has 0 aromatic carbocycles. The molecule has 0 fully saturated rings. The van der Waals surface area contributed by atoms with E-state index in [1.807, 2.05) is 20.8 Å². The van der Waals surface area contributed by atoms with Gasteiger partial charge in [-0.1, -0.05) is 12.2 Å². The van der Waals surface area contributed by atoms with E-state index in [9.17, 15) is 9.59 Å². The summed E-state index contributed by atoms with van der Waals surface area (Å²) in [5, 5.41) is 2.80. The average Bonchev–Trinajstić information content (AvgIpc) is 2.40. The van der Waals surface area contributed by atoms with Crippen LogP contribution in [0.15, 0.2) is 29.2 Å². The van der Waals surface area contributed by atoms with Gasteiger partial charge in [0, 0.05) is 18.8 Å². The molecule has 4 nitrogen and oxygen atoms in total. The lowest BCUT2D eigenvalue weighted by atomic mass is 9.87. The van der Waals surface area contributed by atoms with Crippen LogP contribution in [0.4, 0.5) is 5.69 Å². The van der Waals surface area contributed by atoms with Gasteiger partial charge >= 0.3 is 0 Å². The van der Waals surface area contributed by atoms with Crippen LogP contribution in [-0.4, -0.2) is 10.5 Å². The minimum Gasteiger partial charge on any atom is -0.324 e. The lowest BCUT2D eigenvalue weighted by molar-refractivity contribution is -0.119. The zero-order valence-corrected chi connectivity index (χ0v) is 10.3. The number of nitrogens with one attached hydrogen (secondary N) is 1. The van der Waals surface area contributed by atoms with Crippen LogP contribution < -0.4 is 10.9 Å². The Balaban J connectivity index is 2.55. The van der Waals surface area contributed by atoms with E-state index in [0.717, 1.165) is 16.8 Å². The van der Waals surface area contributed by atoms with E-state index in [1.165, 1.54) is 6.07 Å². The van der Waals surface area contributed by atoms with Crippen molar-refractivity contribution in [1.82, 2.24) is 4.57 Å². The molecular weight excluding hydrogens is 216 g/mol. The number of anilines is 1. The maximum Gasteiger partial charge on any atom is 0.251 e. The predicted molar refractivity (Wildman–Crippen MR) is 67.2 cm³/mol. The normalized spacial score (nSPS) is 16.5. The highest BCUT2D eigenvalue weighted by Gasteiger charge is 2.38. The number of hydrogen-bond donors (Lipinski definition) is 1. The summed E-state index contributed by atoms with van der Waals surface area (Å²) in [5.74, 6) is -0.0695. The van der Waals surface area contributed by atoms with Crippen LogP contribution in [0.3, 0.4) is 0 Å². The molecule has 1 N–H and O–H groups in total. The Labute approximate surface area is 100.0 Å². The molecule has 0 saturated heterocycles. The monoisotopic (exact) mass is 232 g/mol. The number of allylic oxidation sites excluding steroid dienone is 1. The van der Waals surface area contributed by atoms with Crippen LogP contribution in [0.2, 0.25) is 0 Å². The van der Waals surface area contributed by atoms with Gasteiger partial charge in [-0.25, -0.2) is 0 Å². The van der Waals surface area contributed by atoms with Crippen molar-refractivity contribution in [3.8, 4) is 0 Å². The second-order valence-corrected chi connectivity index (χ2v) is 5.10. The fourth-order valence-electron chi connectivity index (χ4n) is 2.01. The van der Waals surface area contributed by atoms with E-state index in [2.05, 4.69) is 11.9 Å². The minimum absolute atomic E-state index is 0.0695. The molecule has 1 aromatic rings. The van der Waals surface area contributed by atoms with E-state index in [-0.39, 0.29) is 11.5 Å². The minimum atomic E-state index is -0.628. The summed E-state index contributed by atoms with van der Waals surface area (Å²) in [6, 6.07) is 1.54. The molecule has 1 aliphatic heterocycles. The van der Waals surface area contributed by atoms with Crippen molar-refractivity contribution in [3.63, 3.8) is 0 Å². The molecule has 1 amide bonds. The predicted octanol–water partition coefficient (Wildman–Crippen LogP) is 1.65. The zero-order valence-electron chi connectivity index (χ0n) is 10.3. The molecule has 0 radical (unpaired) electrons. The summed E-state index contributed by atoms with van der Waals surface area (Å²) in [7, 11) is 0. The van der Waals surface area contributed by atoms with Gasteiger partial charge in [-0.15, -0.1) is 0 Å². The largest absolute Gasteiger partial charge is 0.324 e. The van der Waals surface area contributed by atoms with Gasteiger partial charge in [0.1, 0.15) is 0 Å². The van der Waals surface area contributed by atoms with Crippen molar-refractivity contribution >= 4 is 11.6 Å². The third kappa shape index (κ3) is 1.79. The molecule has 17 heavy (non-hydrogen) atoms. The second kappa shape index (κ2) is 3.58. The highest BCUT2D eigenvalue weighted by molar-refractivity contribution is 6.05. The first-order chi connectivity index (χ1) is 7.82. The van der Waals surface area contributed by atoms with Crippen LogP contribution in [0.25, 0.3) is 0 Å². The molecule has 1 aromatic heterocycles.